The van der Waals surface area contributed by atoms with Crippen LogP contribution in [0.4, 0.5) is 5.69 Å². The first-order valence-corrected chi connectivity index (χ1v) is 9.78. The molecule has 30 heavy (non-hydrogen) atoms. The van der Waals surface area contributed by atoms with Gasteiger partial charge >= 0.3 is 11.8 Å². The molecule has 0 aliphatic heterocycles. The summed E-state index contributed by atoms with van der Waals surface area (Å²) in [5, 5.41) is 9.69. The second kappa shape index (κ2) is 10.1. The topological polar surface area (TPSA) is 109 Å². The van der Waals surface area contributed by atoms with Crippen LogP contribution in [0, 0.1) is 0 Å². The van der Waals surface area contributed by atoms with Gasteiger partial charge in [-0.1, -0.05) is 35.3 Å². The van der Waals surface area contributed by atoms with Crippen molar-refractivity contribution in [2.45, 2.75) is 18.9 Å². The largest absolute Gasteiger partial charge is 0.483 e. The van der Waals surface area contributed by atoms with E-state index in [9.17, 15) is 14.4 Å². The Kier molecular flexibility index (Phi) is 7.26. The standard InChI is InChI=1S/C20H18Cl2N4O4/c21-15-8-7-14(9-16(15)22)24-18(27)11-30-17-4-2-1-3-12(17)10-23-26-20(29)19(28)25-13-5-6-13/h1-4,7-10,13H,5-6,11H2,(H,24,27)(H,25,28)(H,26,29)/b23-10-. The van der Waals surface area contributed by atoms with Crippen LogP contribution in [0.2, 0.25) is 10.0 Å². The number of nitrogens with zero attached hydrogens (tertiary/aromatic N) is 1. The minimum absolute atomic E-state index is 0.0800. The van der Waals surface area contributed by atoms with Gasteiger partial charge in [0.2, 0.25) is 0 Å². The van der Waals surface area contributed by atoms with Gasteiger partial charge in [0, 0.05) is 17.3 Å². The molecule has 2 aromatic rings. The molecule has 0 saturated heterocycles. The van der Waals surface area contributed by atoms with Gasteiger partial charge in [0.25, 0.3) is 5.91 Å². The molecule has 1 aliphatic carbocycles. The number of hydrazone groups is 1. The molecule has 0 heterocycles. The van der Waals surface area contributed by atoms with E-state index in [0.29, 0.717) is 27.0 Å². The van der Waals surface area contributed by atoms with Crippen molar-refractivity contribution in [1.29, 1.82) is 0 Å². The summed E-state index contributed by atoms with van der Waals surface area (Å²) < 4.78 is 5.54. The summed E-state index contributed by atoms with van der Waals surface area (Å²) in [5.41, 5.74) is 3.16. The molecule has 3 rings (SSSR count). The van der Waals surface area contributed by atoms with Crippen molar-refractivity contribution in [3.05, 3.63) is 58.1 Å². The van der Waals surface area contributed by atoms with E-state index < -0.39 is 17.7 Å². The van der Waals surface area contributed by atoms with Gasteiger partial charge in [-0.3, -0.25) is 14.4 Å². The number of para-hydroxylation sites is 1. The van der Waals surface area contributed by atoms with Crippen molar-refractivity contribution in [2.75, 3.05) is 11.9 Å². The van der Waals surface area contributed by atoms with Gasteiger partial charge in [-0.15, -0.1) is 0 Å². The van der Waals surface area contributed by atoms with Crippen LogP contribution in [0.15, 0.2) is 47.6 Å². The number of ether oxygens (including phenoxy) is 1. The number of rotatable bonds is 7. The maximum Gasteiger partial charge on any atom is 0.329 e. The lowest BCUT2D eigenvalue weighted by Crippen LogP contribution is -2.38. The summed E-state index contributed by atoms with van der Waals surface area (Å²) in [5.74, 6) is -1.59. The van der Waals surface area contributed by atoms with Crippen molar-refractivity contribution in [1.82, 2.24) is 10.7 Å². The van der Waals surface area contributed by atoms with Gasteiger partial charge in [-0.2, -0.15) is 5.10 Å². The van der Waals surface area contributed by atoms with Crippen LogP contribution in [-0.2, 0) is 14.4 Å². The molecule has 0 bridgehead atoms. The minimum atomic E-state index is -0.849. The second-order valence-corrected chi connectivity index (χ2v) is 7.26. The zero-order valence-corrected chi connectivity index (χ0v) is 17.2. The first kappa shape index (κ1) is 21.6. The third kappa shape index (κ3) is 6.47. The molecule has 2 aromatic carbocycles. The van der Waals surface area contributed by atoms with E-state index in [0.717, 1.165) is 12.8 Å². The first-order chi connectivity index (χ1) is 14.4. The SMILES string of the molecule is O=C(COc1ccccc1/C=N\NC(=O)C(=O)NC1CC1)Nc1ccc(Cl)c(Cl)c1. The summed E-state index contributed by atoms with van der Waals surface area (Å²) in [6.45, 7) is -0.263. The highest BCUT2D eigenvalue weighted by molar-refractivity contribution is 6.42. The summed E-state index contributed by atoms with van der Waals surface area (Å²) in [7, 11) is 0. The maximum absolute atomic E-state index is 12.1. The minimum Gasteiger partial charge on any atom is -0.483 e. The Morgan fingerprint density at radius 3 is 2.57 bits per heavy atom. The van der Waals surface area contributed by atoms with Crippen molar-refractivity contribution < 1.29 is 19.1 Å². The third-order valence-corrected chi connectivity index (χ3v) is 4.71. The quantitative estimate of drug-likeness (QED) is 0.343. The van der Waals surface area contributed by atoms with Gasteiger partial charge in [0.1, 0.15) is 5.75 Å². The van der Waals surface area contributed by atoms with Crippen LogP contribution < -0.4 is 20.8 Å². The molecule has 10 heteroatoms. The molecule has 1 fully saturated rings. The third-order valence-electron chi connectivity index (χ3n) is 3.97. The van der Waals surface area contributed by atoms with Crippen LogP contribution in [0.3, 0.4) is 0 Å². The maximum atomic E-state index is 12.1. The number of hydrogen-bond acceptors (Lipinski definition) is 5. The molecule has 1 aliphatic rings. The van der Waals surface area contributed by atoms with Crippen molar-refractivity contribution in [2.24, 2.45) is 5.10 Å². The molecule has 8 nitrogen and oxygen atoms in total. The van der Waals surface area contributed by atoms with E-state index in [-0.39, 0.29) is 12.6 Å². The number of nitrogens with one attached hydrogen (secondary N) is 3. The van der Waals surface area contributed by atoms with Crippen LogP contribution in [-0.4, -0.2) is 36.6 Å². The molecular formula is C20H18Cl2N4O4. The lowest BCUT2D eigenvalue weighted by Gasteiger charge is -2.10. The van der Waals surface area contributed by atoms with Crippen LogP contribution in [0.5, 0.6) is 5.75 Å². The highest BCUT2D eigenvalue weighted by Gasteiger charge is 2.26. The van der Waals surface area contributed by atoms with Gasteiger partial charge in [-0.05, 0) is 43.2 Å². The Bertz CT molecular complexity index is 993. The zero-order valence-electron chi connectivity index (χ0n) is 15.7. The fourth-order valence-corrected chi connectivity index (χ4v) is 2.62. The number of amides is 3. The lowest BCUT2D eigenvalue weighted by atomic mass is 10.2. The van der Waals surface area contributed by atoms with E-state index >= 15 is 0 Å². The summed E-state index contributed by atoms with van der Waals surface area (Å²) in [4.78, 5) is 35.4. The number of benzene rings is 2. The average molecular weight is 449 g/mol. The molecule has 0 unspecified atom stereocenters. The number of carbonyl (C=O) groups excluding carboxylic acids is 3. The van der Waals surface area contributed by atoms with E-state index in [1.807, 2.05) is 0 Å². The van der Waals surface area contributed by atoms with E-state index in [1.54, 1.807) is 36.4 Å². The molecule has 0 radical (unpaired) electrons. The van der Waals surface area contributed by atoms with Crippen molar-refractivity contribution >= 4 is 52.8 Å². The van der Waals surface area contributed by atoms with E-state index in [4.69, 9.17) is 27.9 Å². The molecule has 0 spiro atoms. The molecule has 3 N–H and O–H groups in total. The van der Waals surface area contributed by atoms with Gasteiger partial charge in [0.15, 0.2) is 6.61 Å². The fraction of sp³-hybridized carbons (Fsp3) is 0.200. The fourth-order valence-electron chi connectivity index (χ4n) is 2.32. The number of anilines is 1. The number of hydrogen-bond donors (Lipinski definition) is 3. The normalized spacial score (nSPS) is 13.0. The first-order valence-electron chi connectivity index (χ1n) is 9.03. The molecule has 0 aromatic heterocycles. The second-order valence-electron chi connectivity index (χ2n) is 6.45. The van der Waals surface area contributed by atoms with Crippen molar-refractivity contribution in [3.8, 4) is 5.75 Å². The lowest BCUT2D eigenvalue weighted by molar-refractivity contribution is -0.139. The van der Waals surface area contributed by atoms with Crippen LogP contribution in [0.25, 0.3) is 0 Å². The summed E-state index contributed by atoms with van der Waals surface area (Å²) in [6.07, 6.45) is 3.09. The highest BCUT2D eigenvalue weighted by Crippen LogP contribution is 2.25. The Balaban J connectivity index is 1.52. The smallest absolute Gasteiger partial charge is 0.329 e. The molecule has 156 valence electrons. The van der Waals surface area contributed by atoms with E-state index in [2.05, 4.69) is 21.2 Å². The number of carbonyl (C=O) groups is 3. The molecular weight excluding hydrogens is 431 g/mol. The average Bonchev–Trinajstić information content (AvgIpc) is 3.54. The Labute approximate surface area is 182 Å². The molecule has 3 amide bonds. The summed E-state index contributed by atoms with van der Waals surface area (Å²) in [6, 6.07) is 11.6. The zero-order chi connectivity index (χ0) is 21.5. The molecule has 0 atom stereocenters. The van der Waals surface area contributed by atoms with Gasteiger partial charge in [0.05, 0.1) is 16.3 Å². The Morgan fingerprint density at radius 1 is 1.07 bits per heavy atom. The predicted octanol–water partition coefficient (Wildman–Crippen LogP) is 2.74. The highest BCUT2D eigenvalue weighted by atomic mass is 35.5. The van der Waals surface area contributed by atoms with Crippen LogP contribution in [0.1, 0.15) is 18.4 Å². The van der Waals surface area contributed by atoms with Gasteiger partial charge < -0.3 is 15.4 Å². The predicted molar refractivity (Wildman–Crippen MR) is 114 cm³/mol. The Hall–Kier alpha value is -3.10. The molecule has 1 saturated carbocycles. The Morgan fingerprint density at radius 2 is 1.83 bits per heavy atom. The van der Waals surface area contributed by atoms with Crippen molar-refractivity contribution in [3.63, 3.8) is 0 Å². The summed E-state index contributed by atoms with van der Waals surface area (Å²) >= 11 is 11.8. The number of halogens is 2. The van der Waals surface area contributed by atoms with Gasteiger partial charge in [-0.25, -0.2) is 5.43 Å². The van der Waals surface area contributed by atoms with E-state index in [1.165, 1.54) is 12.3 Å². The van der Waals surface area contributed by atoms with Crippen LogP contribution >= 0.6 is 23.2 Å². The monoisotopic (exact) mass is 448 g/mol.